The molecule has 2 aliphatic rings. The Morgan fingerprint density at radius 3 is 1.79 bits per heavy atom. The van der Waals surface area contributed by atoms with Crippen molar-refractivity contribution >= 4 is 58.9 Å². The molecular formula is C28H28ClN7O3. The van der Waals surface area contributed by atoms with E-state index in [1.165, 1.54) is 19.1 Å². The number of carbonyl (C=O) groups excluding carboxylic acids is 3. The van der Waals surface area contributed by atoms with Crippen molar-refractivity contribution in [2.45, 2.75) is 6.92 Å². The molecule has 3 amide bonds. The molecule has 0 saturated heterocycles. The number of aliphatic imine (C=N–C) groups is 2. The number of rotatable bonds is 7. The predicted molar refractivity (Wildman–Crippen MR) is 156 cm³/mol. The maximum Gasteiger partial charge on any atom is 0.257 e. The van der Waals surface area contributed by atoms with Crippen LogP contribution in [-0.2, 0) is 4.79 Å². The number of nitrogens with zero attached hydrogens (tertiary/aromatic N) is 2. The number of anilines is 3. The molecule has 2 heterocycles. The van der Waals surface area contributed by atoms with Gasteiger partial charge in [0.2, 0.25) is 5.91 Å². The van der Waals surface area contributed by atoms with Gasteiger partial charge in [-0.05, 0) is 42.5 Å². The minimum absolute atomic E-state index is 0. The van der Waals surface area contributed by atoms with Gasteiger partial charge < -0.3 is 26.6 Å². The Morgan fingerprint density at radius 1 is 0.718 bits per heavy atom. The summed E-state index contributed by atoms with van der Waals surface area (Å²) in [5.41, 5.74) is 3.69. The lowest BCUT2D eigenvalue weighted by Gasteiger charge is -2.14. The number of carbonyl (C=O) groups is 3. The molecule has 0 aliphatic carbocycles. The highest BCUT2D eigenvalue weighted by atomic mass is 35.5. The van der Waals surface area contributed by atoms with E-state index >= 15 is 0 Å². The summed E-state index contributed by atoms with van der Waals surface area (Å²) in [6.07, 6.45) is 0. The Kier molecular flexibility index (Phi) is 8.57. The van der Waals surface area contributed by atoms with Crippen LogP contribution in [0.15, 0.2) is 76.7 Å². The molecule has 0 unspecified atom stereocenters. The Balaban J connectivity index is 0.00000353. The van der Waals surface area contributed by atoms with Crippen molar-refractivity contribution in [3.05, 3.63) is 89.0 Å². The molecule has 0 saturated carbocycles. The molecule has 3 aromatic carbocycles. The Morgan fingerprint density at radius 2 is 1.28 bits per heavy atom. The third kappa shape index (κ3) is 6.60. The second-order valence-corrected chi connectivity index (χ2v) is 8.83. The van der Waals surface area contributed by atoms with Crippen LogP contribution >= 0.6 is 12.4 Å². The molecule has 200 valence electrons. The quantitative estimate of drug-likeness (QED) is 0.310. The predicted octanol–water partition coefficient (Wildman–Crippen LogP) is 3.27. The second kappa shape index (κ2) is 12.2. The van der Waals surface area contributed by atoms with E-state index in [9.17, 15) is 14.4 Å². The highest BCUT2D eigenvalue weighted by Crippen LogP contribution is 2.22. The van der Waals surface area contributed by atoms with Gasteiger partial charge >= 0.3 is 0 Å². The molecule has 0 spiro atoms. The fourth-order valence-electron chi connectivity index (χ4n) is 4.25. The van der Waals surface area contributed by atoms with Crippen molar-refractivity contribution in [3.63, 3.8) is 0 Å². The van der Waals surface area contributed by atoms with Crippen molar-refractivity contribution in [2.24, 2.45) is 9.98 Å². The molecule has 11 heteroatoms. The Labute approximate surface area is 231 Å². The summed E-state index contributed by atoms with van der Waals surface area (Å²) in [4.78, 5) is 46.9. The molecule has 0 bridgehead atoms. The summed E-state index contributed by atoms with van der Waals surface area (Å²) in [5, 5.41) is 14.8. The zero-order chi connectivity index (χ0) is 26.5. The van der Waals surface area contributed by atoms with Crippen LogP contribution in [0.1, 0.15) is 38.8 Å². The number of benzene rings is 3. The van der Waals surface area contributed by atoms with Gasteiger partial charge in [0, 0.05) is 48.1 Å². The van der Waals surface area contributed by atoms with Gasteiger partial charge in [-0.1, -0.05) is 24.3 Å². The van der Waals surface area contributed by atoms with Crippen molar-refractivity contribution in [1.82, 2.24) is 10.6 Å². The van der Waals surface area contributed by atoms with Crippen LogP contribution in [0.2, 0.25) is 0 Å². The first-order chi connectivity index (χ1) is 18.5. The number of hydrogen-bond donors (Lipinski definition) is 5. The zero-order valence-corrected chi connectivity index (χ0v) is 22.0. The number of nitrogens with one attached hydrogen (secondary N) is 5. The average molecular weight is 546 g/mol. The highest BCUT2D eigenvalue weighted by molar-refractivity contribution is 6.13. The highest BCUT2D eigenvalue weighted by Gasteiger charge is 2.18. The van der Waals surface area contributed by atoms with Gasteiger partial charge in [0.05, 0.1) is 24.3 Å². The molecule has 0 aromatic heterocycles. The van der Waals surface area contributed by atoms with Crippen LogP contribution in [0.5, 0.6) is 0 Å². The van der Waals surface area contributed by atoms with Crippen LogP contribution in [0.25, 0.3) is 0 Å². The van der Waals surface area contributed by atoms with E-state index in [0.717, 1.165) is 42.4 Å². The van der Waals surface area contributed by atoms with Gasteiger partial charge in [0.25, 0.3) is 11.8 Å². The van der Waals surface area contributed by atoms with Crippen LogP contribution in [0.3, 0.4) is 0 Å². The van der Waals surface area contributed by atoms with E-state index in [0.29, 0.717) is 23.5 Å². The fourth-order valence-corrected chi connectivity index (χ4v) is 4.25. The minimum atomic E-state index is -0.420. The normalized spacial score (nSPS) is 13.7. The van der Waals surface area contributed by atoms with E-state index < -0.39 is 5.91 Å². The number of amides is 3. The second-order valence-electron chi connectivity index (χ2n) is 8.83. The minimum Gasteiger partial charge on any atom is -0.368 e. The molecular weight excluding hydrogens is 518 g/mol. The first-order valence-electron chi connectivity index (χ1n) is 12.3. The lowest BCUT2D eigenvalue weighted by atomic mass is 10.1. The summed E-state index contributed by atoms with van der Waals surface area (Å²) in [5.74, 6) is 0.425. The van der Waals surface area contributed by atoms with Crippen LogP contribution in [0.4, 0.5) is 17.1 Å². The first kappa shape index (κ1) is 27.3. The van der Waals surface area contributed by atoms with Crippen molar-refractivity contribution < 1.29 is 14.4 Å². The van der Waals surface area contributed by atoms with E-state index in [1.54, 1.807) is 18.2 Å². The van der Waals surface area contributed by atoms with E-state index in [-0.39, 0.29) is 35.5 Å². The maximum absolute atomic E-state index is 13.2. The van der Waals surface area contributed by atoms with Gasteiger partial charge in [-0.25, -0.2) is 0 Å². The molecule has 5 rings (SSSR count). The van der Waals surface area contributed by atoms with Gasteiger partial charge in [-0.2, -0.15) is 0 Å². The maximum atomic E-state index is 13.2. The van der Waals surface area contributed by atoms with Gasteiger partial charge in [-0.3, -0.25) is 24.4 Å². The molecule has 0 atom stereocenters. The van der Waals surface area contributed by atoms with Crippen LogP contribution in [-0.4, -0.2) is 55.6 Å². The van der Waals surface area contributed by atoms with Crippen LogP contribution in [0, 0.1) is 0 Å². The number of hydrogen-bond acceptors (Lipinski definition) is 7. The molecule has 0 radical (unpaired) electrons. The SMILES string of the molecule is CC(=O)Nc1cc(C(=O)Nc2cccc(C3=NCCN3)c2)ccc1C(=O)Nc1cccc(C2=NCCN2)c1.Cl. The topological polar surface area (TPSA) is 136 Å². The third-order valence-corrected chi connectivity index (χ3v) is 5.97. The molecule has 0 fully saturated rings. The van der Waals surface area contributed by atoms with Gasteiger partial charge in [0.15, 0.2) is 0 Å². The number of amidine groups is 2. The summed E-state index contributed by atoms with van der Waals surface area (Å²) >= 11 is 0. The standard InChI is InChI=1S/C28H27N7O3.ClH/c1-17(36)33-24-16-20(27(37)34-21-6-2-4-18(14-21)25-29-10-11-30-25)8-9-23(24)28(38)35-22-7-3-5-19(15-22)26-31-12-13-32-26;/h2-9,14-16H,10-13H2,1H3,(H,29,30)(H,31,32)(H,33,36)(H,34,37)(H,35,38);1H. The Hall–Kier alpha value is -4.70. The molecule has 39 heavy (non-hydrogen) atoms. The largest absolute Gasteiger partial charge is 0.368 e. The van der Waals surface area contributed by atoms with Crippen molar-refractivity contribution in [1.29, 1.82) is 0 Å². The van der Waals surface area contributed by atoms with Crippen molar-refractivity contribution in [3.8, 4) is 0 Å². The fraction of sp³-hybridized carbons (Fsp3) is 0.179. The summed E-state index contributed by atoms with van der Waals surface area (Å²) in [7, 11) is 0. The smallest absolute Gasteiger partial charge is 0.257 e. The van der Waals surface area contributed by atoms with Crippen molar-refractivity contribution in [2.75, 3.05) is 42.1 Å². The summed E-state index contributed by atoms with van der Waals surface area (Å²) in [6.45, 7) is 4.34. The van der Waals surface area contributed by atoms with Crippen LogP contribution < -0.4 is 26.6 Å². The number of halogens is 1. The Bertz CT molecular complexity index is 1490. The molecule has 3 aromatic rings. The van der Waals surface area contributed by atoms with Gasteiger partial charge in [-0.15, -0.1) is 12.4 Å². The lowest BCUT2D eigenvalue weighted by molar-refractivity contribution is -0.114. The molecule has 10 nitrogen and oxygen atoms in total. The third-order valence-electron chi connectivity index (χ3n) is 5.97. The zero-order valence-electron chi connectivity index (χ0n) is 21.2. The van der Waals surface area contributed by atoms with E-state index in [4.69, 9.17) is 0 Å². The summed E-state index contributed by atoms with van der Waals surface area (Å²) < 4.78 is 0. The molecule has 2 aliphatic heterocycles. The monoisotopic (exact) mass is 545 g/mol. The summed E-state index contributed by atoms with van der Waals surface area (Å²) in [6, 6.07) is 19.3. The van der Waals surface area contributed by atoms with E-state index in [1.807, 2.05) is 36.4 Å². The van der Waals surface area contributed by atoms with Gasteiger partial charge in [0.1, 0.15) is 11.7 Å². The first-order valence-corrected chi connectivity index (χ1v) is 12.3. The average Bonchev–Trinajstić information content (AvgIpc) is 3.64. The molecule has 5 N–H and O–H groups in total. The van der Waals surface area contributed by atoms with E-state index in [2.05, 4.69) is 36.6 Å². The lowest BCUT2D eigenvalue weighted by Crippen LogP contribution is -2.21.